The minimum Gasteiger partial charge on any atom is -0.494 e. The van der Waals surface area contributed by atoms with Crippen molar-refractivity contribution < 1.29 is 19.0 Å². The maximum Gasteiger partial charge on any atom is 0.310 e. The maximum absolute atomic E-state index is 13.5. The van der Waals surface area contributed by atoms with Crippen molar-refractivity contribution in [2.75, 3.05) is 7.11 Å². The number of benzene rings is 1. The van der Waals surface area contributed by atoms with E-state index in [1.165, 1.54) is 30.6 Å². The Morgan fingerprint density at radius 2 is 2.33 bits per heavy atom. The maximum atomic E-state index is 13.5. The third kappa shape index (κ3) is 2.65. The summed E-state index contributed by atoms with van der Waals surface area (Å²) >= 11 is 1.24. The minimum absolute atomic E-state index is 0.122. The molecule has 0 aliphatic rings. The van der Waals surface area contributed by atoms with Gasteiger partial charge in [-0.2, -0.15) is 0 Å². The van der Waals surface area contributed by atoms with Gasteiger partial charge in [0.25, 0.3) is 0 Å². The second kappa shape index (κ2) is 5.14. The Bertz CT molecular complexity index is 582. The molecule has 1 aromatic carbocycles. The Morgan fingerprint density at radius 3 is 2.94 bits per heavy atom. The highest BCUT2D eigenvalue weighted by Crippen LogP contribution is 2.26. The van der Waals surface area contributed by atoms with Crippen LogP contribution in [0.15, 0.2) is 23.6 Å². The second-order valence-corrected chi connectivity index (χ2v) is 4.49. The van der Waals surface area contributed by atoms with Crippen LogP contribution in [-0.2, 0) is 11.2 Å². The van der Waals surface area contributed by atoms with Gasteiger partial charge >= 0.3 is 5.97 Å². The van der Waals surface area contributed by atoms with Crippen molar-refractivity contribution >= 4 is 17.3 Å². The predicted octanol–water partition coefficient (Wildman–Crippen LogP) is 2.58. The minimum atomic E-state index is -0.934. The molecule has 4 nitrogen and oxygen atoms in total. The third-order valence-corrected chi connectivity index (χ3v) is 3.15. The highest BCUT2D eigenvalue weighted by atomic mass is 32.1. The summed E-state index contributed by atoms with van der Waals surface area (Å²) < 4.78 is 18.3. The van der Waals surface area contributed by atoms with E-state index >= 15 is 0 Å². The summed E-state index contributed by atoms with van der Waals surface area (Å²) in [6, 6.07) is 4.51. The lowest BCUT2D eigenvalue weighted by molar-refractivity contribution is -0.136. The lowest BCUT2D eigenvalue weighted by atomic mass is 10.1. The van der Waals surface area contributed by atoms with Crippen LogP contribution < -0.4 is 4.74 Å². The number of rotatable bonds is 4. The molecule has 2 rings (SSSR count). The van der Waals surface area contributed by atoms with Crippen LogP contribution in [0.1, 0.15) is 5.01 Å². The first-order chi connectivity index (χ1) is 8.60. The van der Waals surface area contributed by atoms with Crippen molar-refractivity contribution in [3.05, 3.63) is 34.4 Å². The van der Waals surface area contributed by atoms with Crippen LogP contribution >= 0.6 is 11.3 Å². The van der Waals surface area contributed by atoms with Gasteiger partial charge in [-0.25, -0.2) is 9.37 Å². The molecule has 1 N–H and O–H groups in total. The zero-order valence-electron chi connectivity index (χ0n) is 9.51. The molecule has 0 fully saturated rings. The standard InChI is InChI=1S/C12H10FNO3S/c1-17-10-3-2-7(4-8(10)13)9-6-18-11(14-9)5-12(15)16/h2-4,6H,5H2,1H3,(H,15,16). The zero-order valence-corrected chi connectivity index (χ0v) is 10.3. The molecule has 1 aromatic heterocycles. The van der Waals surface area contributed by atoms with Gasteiger partial charge in [0, 0.05) is 10.9 Å². The van der Waals surface area contributed by atoms with Crippen LogP contribution in [0.2, 0.25) is 0 Å². The molecule has 0 bridgehead atoms. The summed E-state index contributed by atoms with van der Waals surface area (Å²) in [5, 5.41) is 10.9. The van der Waals surface area contributed by atoms with Gasteiger partial charge in [0.15, 0.2) is 11.6 Å². The zero-order chi connectivity index (χ0) is 13.1. The number of thiazole rings is 1. The van der Waals surface area contributed by atoms with Crippen molar-refractivity contribution in [2.24, 2.45) is 0 Å². The summed E-state index contributed by atoms with van der Waals surface area (Å²) in [5.74, 6) is -1.24. The number of carbonyl (C=O) groups is 1. The molecule has 2 aromatic rings. The van der Waals surface area contributed by atoms with E-state index in [-0.39, 0.29) is 12.2 Å². The molecule has 0 atom stereocenters. The van der Waals surface area contributed by atoms with Gasteiger partial charge in [-0.1, -0.05) is 0 Å². The summed E-state index contributed by atoms with van der Waals surface area (Å²) in [7, 11) is 1.39. The van der Waals surface area contributed by atoms with E-state index < -0.39 is 11.8 Å². The van der Waals surface area contributed by atoms with Crippen molar-refractivity contribution in [1.29, 1.82) is 0 Å². The molecule has 0 radical (unpaired) electrons. The molecule has 6 heteroatoms. The Labute approximate surface area is 107 Å². The Kier molecular flexibility index (Phi) is 3.57. The van der Waals surface area contributed by atoms with Crippen molar-refractivity contribution in [1.82, 2.24) is 4.98 Å². The number of methoxy groups -OCH3 is 1. The highest BCUT2D eigenvalue weighted by molar-refractivity contribution is 7.10. The van der Waals surface area contributed by atoms with E-state index in [9.17, 15) is 9.18 Å². The van der Waals surface area contributed by atoms with Gasteiger partial charge in [0.05, 0.1) is 19.2 Å². The monoisotopic (exact) mass is 267 g/mol. The molecule has 0 amide bonds. The first-order valence-electron chi connectivity index (χ1n) is 5.10. The van der Waals surface area contributed by atoms with Gasteiger partial charge in [-0.3, -0.25) is 4.79 Å². The topological polar surface area (TPSA) is 59.4 Å². The Morgan fingerprint density at radius 1 is 1.56 bits per heavy atom. The SMILES string of the molecule is COc1ccc(-c2csc(CC(=O)O)n2)cc1F. The van der Waals surface area contributed by atoms with E-state index in [0.717, 1.165) is 0 Å². The van der Waals surface area contributed by atoms with Crippen LogP contribution in [0.3, 0.4) is 0 Å². The van der Waals surface area contributed by atoms with Gasteiger partial charge in [0.1, 0.15) is 5.01 Å². The fourth-order valence-corrected chi connectivity index (χ4v) is 2.27. The van der Waals surface area contributed by atoms with E-state index in [1.807, 2.05) is 0 Å². The molecule has 0 saturated heterocycles. The Hall–Kier alpha value is -1.95. The second-order valence-electron chi connectivity index (χ2n) is 3.55. The molecule has 94 valence electrons. The van der Waals surface area contributed by atoms with Crippen LogP contribution in [0.5, 0.6) is 5.75 Å². The number of hydrogen-bond donors (Lipinski definition) is 1. The average molecular weight is 267 g/mol. The number of nitrogens with zero attached hydrogens (tertiary/aromatic N) is 1. The number of aromatic nitrogens is 1. The molecule has 1 heterocycles. The molecule has 0 unspecified atom stereocenters. The van der Waals surface area contributed by atoms with E-state index in [1.54, 1.807) is 11.4 Å². The summed E-state index contributed by atoms with van der Waals surface area (Å²) in [6.45, 7) is 0. The molecule has 0 aliphatic heterocycles. The van der Waals surface area contributed by atoms with Crippen molar-refractivity contribution in [3.8, 4) is 17.0 Å². The summed E-state index contributed by atoms with van der Waals surface area (Å²) in [4.78, 5) is 14.7. The van der Waals surface area contributed by atoms with Crippen LogP contribution in [-0.4, -0.2) is 23.2 Å². The van der Waals surface area contributed by atoms with E-state index in [4.69, 9.17) is 9.84 Å². The number of hydrogen-bond acceptors (Lipinski definition) is 4. The van der Waals surface area contributed by atoms with Gasteiger partial charge in [-0.15, -0.1) is 11.3 Å². The molecule has 0 spiro atoms. The number of halogens is 1. The predicted molar refractivity (Wildman–Crippen MR) is 65.4 cm³/mol. The first kappa shape index (κ1) is 12.5. The van der Waals surface area contributed by atoms with Crippen molar-refractivity contribution in [3.63, 3.8) is 0 Å². The largest absolute Gasteiger partial charge is 0.494 e. The van der Waals surface area contributed by atoms with Gasteiger partial charge in [0.2, 0.25) is 0 Å². The highest BCUT2D eigenvalue weighted by Gasteiger charge is 2.10. The van der Waals surface area contributed by atoms with E-state index in [2.05, 4.69) is 4.98 Å². The molecule has 18 heavy (non-hydrogen) atoms. The summed E-state index contributed by atoms with van der Waals surface area (Å²) in [5.41, 5.74) is 1.17. The third-order valence-electron chi connectivity index (χ3n) is 2.30. The number of ether oxygens (including phenoxy) is 1. The molecular formula is C12H10FNO3S. The molecule has 0 saturated carbocycles. The van der Waals surface area contributed by atoms with E-state index in [0.29, 0.717) is 16.3 Å². The molecular weight excluding hydrogens is 257 g/mol. The van der Waals surface area contributed by atoms with Gasteiger partial charge < -0.3 is 9.84 Å². The fourth-order valence-electron chi connectivity index (χ4n) is 1.48. The quantitative estimate of drug-likeness (QED) is 0.925. The normalized spacial score (nSPS) is 10.3. The molecule has 0 aliphatic carbocycles. The smallest absolute Gasteiger partial charge is 0.310 e. The first-order valence-corrected chi connectivity index (χ1v) is 5.98. The lowest BCUT2D eigenvalue weighted by Crippen LogP contribution is -1.99. The average Bonchev–Trinajstić information content (AvgIpc) is 2.76. The van der Waals surface area contributed by atoms with Gasteiger partial charge in [-0.05, 0) is 18.2 Å². The number of aliphatic carboxylic acids is 1. The number of carboxylic acids is 1. The summed E-state index contributed by atoms with van der Waals surface area (Å²) in [6.07, 6.45) is -0.122. The lowest BCUT2D eigenvalue weighted by Gasteiger charge is -2.02. The fraction of sp³-hybridized carbons (Fsp3) is 0.167. The van der Waals surface area contributed by atoms with Crippen molar-refractivity contribution in [2.45, 2.75) is 6.42 Å². The van der Waals surface area contributed by atoms with Crippen LogP contribution in [0, 0.1) is 5.82 Å². The number of carboxylic acid groups (broad SMARTS) is 1. The Balaban J connectivity index is 2.28. The van der Waals surface area contributed by atoms with Crippen LogP contribution in [0.25, 0.3) is 11.3 Å². The van der Waals surface area contributed by atoms with Crippen LogP contribution in [0.4, 0.5) is 4.39 Å².